The van der Waals surface area contributed by atoms with Crippen molar-refractivity contribution in [3.8, 4) is 17.2 Å². The van der Waals surface area contributed by atoms with Gasteiger partial charge >= 0.3 is 0 Å². The number of fused-ring (bicyclic) bond motifs is 3. The molecule has 2 aliphatic heterocycles. The first-order valence-electron chi connectivity index (χ1n) is 8.31. The lowest BCUT2D eigenvalue weighted by atomic mass is 9.89. The highest BCUT2D eigenvalue weighted by atomic mass is 16.5. The topological polar surface area (TPSA) is 38.7 Å². The quantitative estimate of drug-likeness (QED) is 0.839. The molecule has 0 aromatic heterocycles. The van der Waals surface area contributed by atoms with Crippen molar-refractivity contribution in [2.24, 2.45) is 0 Å². The molecule has 0 saturated carbocycles. The Morgan fingerprint density at radius 3 is 2.61 bits per heavy atom. The molecule has 0 amide bonds. The van der Waals surface area contributed by atoms with Gasteiger partial charge in [0.05, 0.1) is 0 Å². The zero-order valence-corrected chi connectivity index (χ0v) is 13.6. The van der Waals surface area contributed by atoms with E-state index in [0.29, 0.717) is 0 Å². The highest BCUT2D eigenvalue weighted by Crippen LogP contribution is 2.45. The van der Waals surface area contributed by atoms with E-state index in [4.69, 9.17) is 9.47 Å². The van der Waals surface area contributed by atoms with Crippen molar-refractivity contribution in [2.75, 3.05) is 0 Å². The molecule has 4 rings (SSSR count). The summed E-state index contributed by atoms with van der Waals surface area (Å²) in [6.07, 6.45) is 4.02. The standard InChI is InChI=1S/C20H22O3/c1-20(2)12-11-16-18(23-20)10-6-14-5-9-17(22-19(14)16)13-3-7-15(21)8-4-13/h3-4,6-8,10,17,21H,5,9,11-12H2,1-2H3/t17-/m0/s1. The average molecular weight is 310 g/mol. The van der Waals surface area contributed by atoms with Crippen LogP contribution in [-0.2, 0) is 12.8 Å². The van der Waals surface area contributed by atoms with Gasteiger partial charge in [-0.3, -0.25) is 0 Å². The minimum absolute atomic E-state index is 0.0459. The van der Waals surface area contributed by atoms with Crippen molar-refractivity contribution in [2.45, 2.75) is 51.2 Å². The van der Waals surface area contributed by atoms with Gasteiger partial charge in [-0.15, -0.1) is 0 Å². The van der Waals surface area contributed by atoms with E-state index in [2.05, 4.69) is 26.0 Å². The maximum absolute atomic E-state index is 9.46. The van der Waals surface area contributed by atoms with E-state index >= 15 is 0 Å². The molecule has 0 aliphatic carbocycles. The second-order valence-corrected chi connectivity index (χ2v) is 7.13. The van der Waals surface area contributed by atoms with Crippen molar-refractivity contribution >= 4 is 0 Å². The highest BCUT2D eigenvalue weighted by molar-refractivity contribution is 5.52. The molecule has 1 N–H and O–H groups in total. The molecule has 23 heavy (non-hydrogen) atoms. The summed E-state index contributed by atoms with van der Waals surface area (Å²) in [6, 6.07) is 11.6. The number of aryl methyl sites for hydroxylation is 1. The van der Waals surface area contributed by atoms with Crippen molar-refractivity contribution in [1.82, 2.24) is 0 Å². The van der Waals surface area contributed by atoms with Crippen molar-refractivity contribution < 1.29 is 14.6 Å². The molecule has 0 bridgehead atoms. The fourth-order valence-corrected chi connectivity index (χ4v) is 3.52. The Hall–Kier alpha value is -2.16. The molecule has 0 saturated heterocycles. The smallest absolute Gasteiger partial charge is 0.130 e. The van der Waals surface area contributed by atoms with Crippen molar-refractivity contribution in [1.29, 1.82) is 0 Å². The molecule has 120 valence electrons. The monoisotopic (exact) mass is 310 g/mol. The molecule has 1 atom stereocenters. The zero-order chi connectivity index (χ0) is 16.0. The number of benzene rings is 2. The molecule has 2 aromatic rings. The van der Waals surface area contributed by atoms with Crippen LogP contribution in [0.2, 0.25) is 0 Å². The van der Waals surface area contributed by atoms with Gasteiger partial charge in [0.25, 0.3) is 0 Å². The first-order valence-corrected chi connectivity index (χ1v) is 8.31. The Morgan fingerprint density at radius 2 is 1.83 bits per heavy atom. The predicted molar refractivity (Wildman–Crippen MR) is 89.3 cm³/mol. The van der Waals surface area contributed by atoms with E-state index in [1.54, 1.807) is 12.1 Å². The third-order valence-electron chi connectivity index (χ3n) is 4.86. The van der Waals surface area contributed by atoms with Crippen LogP contribution >= 0.6 is 0 Å². The van der Waals surface area contributed by atoms with Crippen LogP contribution in [0.15, 0.2) is 36.4 Å². The number of phenols is 1. The summed E-state index contributed by atoms with van der Waals surface area (Å²) < 4.78 is 12.5. The molecular formula is C20H22O3. The van der Waals surface area contributed by atoms with Crippen LogP contribution in [0.1, 0.15) is 49.5 Å². The fourth-order valence-electron chi connectivity index (χ4n) is 3.52. The number of phenolic OH excluding ortho intramolecular Hbond substituents is 1. The third-order valence-corrected chi connectivity index (χ3v) is 4.86. The highest BCUT2D eigenvalue weighted by Gasteiger charge is 2.32. The van der Waals surface area contributed by atoms with Crippen LogP contribution in [0.3, 0.4) is 0 Å². The maximum Gasteiger partial charge on any atom is 0.130 e. The Kier molecular flexibility index (Phi) is 3.26. The molecule has 0 spiro atoms. The van der Waals surface area contributed by atoms with Gasteiger partial charge in [-0.2, -0.15) is 0 Å². The van der Waals surface area contributed by atoms with Crippen molar-refractivity contribution in [3.05, 3.63) is 53.1 Å². The average Bonchev–Trinajstić information content (AvgIpc) is 2.54. The van der Waals surface area contributed by atoms with E-state index in [1.165, 1.54) is 11.1 Å². The number of aromatic hydroxyl groups is 1. The minimum Gasteiger partial charge on any atom is -0.508 e. The molecule has 2 aromatic carbocycles. The van der Waals surface area contributed by atoms with Crippen LogP contribution < -0.4 is 9.47 Å². The summed E-state index contributed by atoms with van der Waals surface area (Å²) in [5.74, 6) is 2.27. The van der Waals surface area contributed by atoms with Gasteiger partial charge in [-0.1, -0.05) is 18.2 Å². The summed E-state index contributed by atoms with van der Waals surface area (Å²) in [6.45, 7) is 4.27. The van der Waals surface area contributed by atoms with Crippen LogP contribution in [-0.4, -0.2) is 10.7 Å². The van der Waals surface area contributed by atoms with Crippen LogP contribution in [0, 0.1) is 0 Å². The molecule has 0 fully saturated rings. The normalized spacial score (nSPS) is 21.6. The molecule has 3 heteroatoms. The van der Waals surface area contributed by atoms with E-state index in [1.807, 2.05) is 12.1 Å². The van der Waals surface area contributed by atoms with Gasteiger partial charge in [0.1, 0.15) is 29.0 Å². The number of hydrogen-bond donors (Lipinski definition) is 1. The number of hydrogen-bond acceptors (Lipinski definition) is 3. The Morgan fingerprint density at radius 1 is 1.04 bits per heavy atom. The van der Waals surface area contributed by atoms with E-state index in [-0.39, 0.29) is 17.5 Å². The fraction of sp³-hybridized carbons (Fsp3) is 0.400. The molecule has 2 aliphatic rings. The van der Waals surface area contributed by atoms with Gasteiger partial charge in [0, 0.05) is 5.56 Å². The summed E-state index contributed by atoms with van der Waals surface area (Å²) in [5, 5.41) is 9.46. The summed E-state index contributed by atoms with van der Waals surface area (Å²) in [7, 11) is 0. The largest absolute Gasteiger partial charge is 0.508 e. The Labute approximate surface area is 136 Å². The number of rotatable bonds is 1. The third kappa shape index (κ3) is 2.65. The van der Waals surface area contributed by atoms with E-state index in [9.17, 15) is 5.11 Å². The molecule has 2 heterocycles. The summed E-state index contributed by atoms with van der Waals surface area (Å²) in [4.78, 5) is 0. The van der Waals surface area contributed by atoms with Gasteiger partial charge in [-0.05, 0) is 68.9 Å². The summed E-state index contributed by atoms with van der Waals surface area (Å²) >= 11 is 0. The second-order valence-electron chi connectivity index (χ2n) is 7.13. The van der Waals surface area contributed by atoms with Gasteiger partial charge in [0.2, 0.25) is 0 Å². The lowest BCUT2D eigenvalue weighted by Gasteiger charge is -2.36. The molecule has 3 nitrogen and oxygen atoms in total. The van der Waals surface area contributed by atoms with Gasteiger partial charge in [0.15, 0.2) is 0 Å². The lowest BCUT2D eigenvalue weighted by Crippen LogP contribution is -2.33. The van der Waals surface area contributed by atoms with Gasteiger partial charge < -0.3 is 14.6 Å². The van der Waals surface area contributed by atoms with E-state index in [0.717, 1.165) is 42.7 Å². The lowest BCUT2D eigenvalue weighted by molar-refractivity contribution is 0.0809. The SMILES string of the molecule is CC1(C)CCc2c(ccc3c2O[C@H](c2ccc(O)cc2)CC3)O1. The van der Waals surface area contributed by atoms with Gasteiger partial charge in [-0.25, -0.2) is 0 Å². The molecular weight excluding hydrogens is 288 g/mol. The van der Waals surface area contributed by atoms with E-state index < -0.39 is 0 Å². The van der Waals surface area contributed by atoms with Crippen LogP contribution in [0.4, 0.5) is 0 Å². The maximum atomic E-state index is 9.46. The number of ether oxygens (including phenoxy) is 2. The Balaban J connectivity index is 1.67. The first-order chi connectivity index (χ1) is 11.0. The molecule has 0 radical (unpaired) electrons. The predicted octanol–water partition coefficient (Wildman–Crippen LogP) is 4.56. The van der Waals surface area contributed by atoms with Crippen LogP contribution in [0.5, 0.6) is 17.2 Å². The molecule has 0 unspecified atom stereocenters. The minimum atomic E-state index is -0.105. The second kappa shape index (κ2) is 5.19. The Bertz CT molecular complexity index is 731. The van der Waals surface area contributed by atoms with Crippen LogP contribution in [0.25, 0.3) is 0 Å². The van der Waals surface area contributed by atoms with Crippen molar-refractivity contribution in [3.63, 3.8) is 0 Å². The zero-order valence-electron chi connectivity index (χ0n) is 13.6. The summed E-state index contributed by atoms with van der Waals surface area (Å²) in [5.41, 5.74) is 3.50. The first kappa shape index (κ1) is 14.4.